The van der Waals surface area contributed by atoms with E-state index in [0.29, 0.717) is 26.2 Å². The molecule has 162 valence electrons. The highest BCUT2D eigenvalue weighted by Gasteiger charge is 2.18. The van der Waals surface area contributed by atoms with Gasteiger partial charge < -0.3 is 14.6 Å². The maximum absolute atomic E-state index is 11.2. The molecule has 3 rings (SSSR count). The van der Waals surface area contributed by atoms with Gasteiger partial charge in [-0.3, -0.25) is 9.69 Å². The third kappa shape index (κ3) is 7.89. The van der Waals surface area contributed by atoms with E-state index in [1.165, 1.54) is 0 Å². The lowest BCUT2D eigenvalue weighted by Gasteiger charge is -2.27. The summed E-state index contributed by atoms with van der Waals surface area (Å²) in [5.41, 5.74) is 3.33. The molecular weight excluding hydrogens is 390 g/mol. The number of hydrogen-bond acceptors (Lipinski definition) is 4. The van der Waals surface area contributed by atoms with Crippen molar-refractivity contribution in [2.75, 3.05) is 20.2 Å². The monoisotopic (exact) mass is 419 g/mol. The molecule has 0 saturated carbocycles. The summed E-state index contributed by atoms with van der Waals surface area (Å²) in [4.78, 5) is 13.0. The van der Waals surface area contributed by atoms with Crippen molar-refractivity contribution in [3.8, 4) is 5.75 Å². The summed E-state index contributed by atoms with van der Waals surface area (Å²) in [6, 6.07) is 27.9. The molecule has 1 unspecified atom stereocenters. The zero-order chi connectivity index (χ0) is 21.9. The first kappa shape index (κ1) is 22.5. The fourth-order valence-electron chi connectivity index (χ4n) is 3.31. The van der Waals surface area contributed by atoms with Gasteiger partial charge in [-0.1, -0.05) is 72.8 Å². The SMILES string of the molecule is CN(CC(=O)O)C(COCc1ccccc1)Cc1ccc(OCc2ccccc2)cc1. The van der Waals surface area contributed by atoms with Crippen molar-refractivity contribution in [1.82, 2.24) is 4.90 Å². The van der Waals surface area contributed by atoms with Crippen LogP contribution in [0.25, 0.3) is 0 Å². The number of aliphatic carboxylic acids is 1. The zero-order valence-electron chi connectivity index (χ0n) is 17.8. The van der Waals surface area contributed by atoms with Crippen LogP contribution in [-0.4, -0.2) is 42.2 Å². The van der Waals surface area contributed by atoms with Gasteiger partial charge in [-0.2, -0.15) is 0 Å². The molecule has 0 saturated heterocycles. The third-order valence-electron chi connectivity index (χ3n) is 5.07. The third-order valence-corrected chi connectivity index (χ3v) is 5.07. The quantitative estimate of drug-likeness (QED) is 0.471. The van der Waals surface area contributed by atoms with E-state index in [1.807, 2.05) is 96.9 Å². The van der Waals surface area contributed by atoms with Gasteiger partial charge in [-0.25, -0.2) is 0 Å². The Labute approximate surface area is 183 Å². The molecule has 0 aliphatic rings. The van der Waals surface area contributed by atoms with Crippen molar-refractivity contribution in [2.24, 2.45) is 0 Å². The lowest BCUT2D eigenvalue weighted by atomic mass is 10.1. The van der Waals surface area contributed by atoms with Crippen LogP contribution in [0.2, 0.25) is 0 Å². The second-order valence-corrected chi connectivity index (χ2v) is 7.59. The zero-order valence-corrected chi connectivity index (χ0v) is 17.8. The van der Waals surface area contributed by atoms with E-state index in [0.717, 1.165) is 22.4 Å². The van der Waals surface area contributed by atoms with Crippen molar-refractivity contribution in [2.45, 2.75) is 25.7 Å². The van der Waals surface area contributed by atoms with Crippen molar-refractivity contribution in [1.29, 1.82) is 0 Å². The van der Waals surface area contributed by atoms with Crippen LogP contribution in [0.4, 0.5) is 0 Å². The Morgan fingerprint density at radius 1 is 0.839 bits per heavy atom. The highest BCUT2D eigenvalue weighted by atomic mass is 16.5. The topological polar surface area (TPSA) is 59.0 Å². The molecule has 0 aliphatic carbocycles. The van der Waals surface area contributed by atoms with Crippen molar-refractivity contribution in [3.63, 3.8) is 0 Å². The molecule has 31 heavy (non-hydrogen) atoms. The van der Waals surface area contributed by atoms with Gasteiger partial charge in [0.05, 0.1) is 19.8 Å². The molecule has 0 amide bonds. The molecule has 3 aromatic rings. The summed E-state index contributed by atoms with van der Waals surface area (Å²) in [6.07, 6.45) is 0.692. The molecule has 3 aromatic carbocycles. The summed E-state index contributed by atoms with van der Waals surface area (Å²) in [5.74, 6) is -0.0383. The summed E-state index contributed by atoms with van der Waals surface area (Å²) in [7, 11) is 1.82. The number of likely N-dealkylation sites (N-methyl/N-ethyl adjacent to an activating group) is 1. The first-order valence-electron chi connectivity index (χ1n) is 10.4. The van der Waals surface area contributed by atoms with Crippen LogP contribution in [0, 0.1) is 0 Å². The fourth-order valence-corrected chi connectivity index (χ4v) is 3.31. The minimum atomic E-state index is -0.847. The number of carboxylic acids is 1. The van der Waals surface area contributed by atoms with Crippen molar-refractivity contribution < 1.29 is 19.4 Å². The van der Waals surface area contributed by atoms with E-state index < -0.39 is 5.97 Å². The van der Waals surface area contributed by atoms with Crippen LogP contribution in [0.15, 0.2) is 84.9 Å². The molecule has 0 spiro atoms. The number of benzene rings is 3. The summed E-state index contributed by atoms with van der Waals surface area (Å²) in [6.45, 7) is 1.45. The van der Waals surface area contributed by atoms with E-state index in [-0.39, 0.29) is 12.6 Å². The molecule has 0 radical (unpaired) electrons. The van der Waals surface area contributed by atoms with E-state index in [1.54, 1.807) is 0 Å². The molecule has 0 aliphatic heterocycles. The smallest absolute Gasteiger partial charge is 0.317 e. The van der Waals surface area contributed by atoms with Crippen LogP contribution in [0.1, 0.15) is 16.7 Å². The average molecular weight is 420 g/mol. The van der Waals surface area contributed by atoms with Gasteiger partial charge in [0.2, 0.25) is 0 Å². The normalized spacial score (nSPS) is 11.9. The van der Waals surface area contributed by atoms with E-state index in [9.17, 15) is 9.90 Å². The number of ether oxygens (including phenoxy) is 2. The lowest BCUT2D eigenvalue weighted by Crippen LogP contribution is -2.40. The van der Waals surface area contributed by atoms with Crippen molar-refractivity contribution >= 4 is 5.97 Å². The highest BCUT2D eigenvalue weighted by molar-refractivity contribution is 5.69. The van der Waals surface area contributed by atoms with Crippen LogP contribution >= 0.6 is 0 Å². The molecule has 1 atom stereocenters. The number of carboxylic acid groups (broad SMARTS) is 1. The Hall–Kier alpha value is -3.15. The standard InChI is InChI=1S/C26H29NO4/c1-27(17-26(28)29)24(20-30-18-22-8-4-2-5-9-22)16-21-12-14-25(15-13-21)31-19-23-10-6-3-7-11-23/h2-15,24H,16-20H2,1H3,(H,28,29). The molecular formula is C26H29NO4. The molecule has 1 N–H and O–H groups in total. The minimum absolute atomic E-state index is 0.0301. The number of nitrogens with zero attached hydrogens (tertiary/aromatic N) is 1. The number of carbonyl (C=O) groups is 1. The second kappa shape index (κ2) is 11.9. The Kier molecular flexibility index (Phi) is 8.64. The average Bonchev–Trinajstić information content (AvgIpc) is 2.79. The van der Waals surface area contributed by atoms with Crippen LogP contribution in [0.3, 0.4) is 0 Å². The predicted molar refractivity (Wildman–Crippen MR) is 121 cm³/mol. The van der Waals surface area contributed by atoms with Gasteiger partial charge in [0.1, 0.15) is 12.4 Å². The van der Waals surface area contributed by atoms with Crippen LogP contribution in [0.5, 0.6) is 5.75 Å². The maximum Gasteiger partial charge on any atom is 0.317 e. The second-order valence-electron chi connectivity index (χ2n) is 7.59. The fraction of sp³-hybridized carbons (Fsp3) is 0.269. The summed E-state index contributed by atoms with van der Waals surface area (Å²) < 4.78 is 11.8. The minimum Gasteiger partial charge on any atom is -0.489 e. The predicted octanol–water partition coefficient (Wildman–Crippen LogP) is 4.41. The van der Waals surface area contributed by atoms with Crippen LogP contribution in [-0.2, 0) is 29.2 Å². The van der Waals surface area contributed by atoms with Gasteiger partial charge in [0, 0.05) is 6.04 Å². The molecule has 5 heteroatoms. The van der Waals surface area contributed by atoms with Gasteiger partial charge in [-0.05, 0) is 42.3 Å². The Bertz CT molecular complexity index is 913. The molecule has 5 nitrogen and oxygen atoms in total. The molecule has 0 heterocycles. The summed E-state index contributed by atoms with van der Waals surface area (Å²) in [5, 5.41) is 9.19. The number of rotatable bonds is 12. The Balaban J connectivity index is 1.56. The van der Waals surface area contributed by atoms with E-state index in [4.69, 9.17) is 9.47 Å². The molecule has 0 aromatic heterocycles. The van der Waals surface area contributed by atoms with Gasteiger partial charge >= 0.3 is 5.97 Å². The highest BCUT2D eigenvalue weighted by Crippen LogP contribution is 2.17. The van der Waals surface area contributed by atoms with E-state index >= 15 is 0 Å². The van der Waals surface area contributed by atoms with E-state index in [2.05, 4.69) is 0 Å². The first-order chi connectivity index (χ1) is 15.1. The summed E-state index contributed by atoms with van der Waals surface area (Å²) >= 11 is 0. The lowest BCUT2D eigenvalue weighted by molar-refractivity contribution is -0.138. The van der Waals surface area contributed by atoms with Gasteiger partial charge in [0.25, 0.3) is 0 Å². The number of hydrogen-bond donors (Lipinski definition) is 1. The van der Waals surface area contributed by atoms with Crippen LogP contribution < -0.4 is 4.74 Å². The maximum atomic E-state index is 11.2. The van der Waals surface area contributed by atoms with Crippen molar-refractivity contribution in [3.05, 3.63) is 102 Å². The largest absolute Gasteiger partial charge is 0.489 e. The van der Waals surface area contributed by atoms with Gasteiger partial charge in [0.15, 0.2) is 0 Å². The molecule has 0 bridgehead atoms. The first-order valence-corrected chi connectivity index (χ1v) is 10.4. The van der Waals surface area contributed by atoms with Gasteiger partial charge in [-0.15, -0.1) is 0 Å². The Morgan fingerprint density at radius 2 is 1.42 bits per heavy atom. The molecule has 0 fully saturated rings. The Morgan fingerprint density at radius 3 is 2.00 bits per heavy atom.